The third-order valence-electron chi connectivity index (χ3n) is 5.37. The van der Waals surface area contributed by atoms with Gasteiger partial charge in [0, 0.05) is 19.1 Å². The molecule has 2 fully saturated rings. The molecule has 1 aromatic heterocycles. The maximum atomic E-state index is 6.34. The normalized spacial score (nSPS) is 26.1. The number of aromatic nitrogens is 2. The van der Waals surface area contributed by atoms with Crippen LogP contribution in [-0.4, -0.2) is 29.3 Å². The molecule has 4 heteroatoms. The lowest BCUT2D eigenvalue weighted by Crippen LogP contribution is -2.47. The monoisotopic (exact) mass is 260 g/mol. The Morgan fingerprint density at radius 1 is 1.26 bits per heavy atom. The average molecular weight is 260 g/mol. The van der Waals surface area contributed by atoms with E-state index in [1.807, 2.05) is 6.20 Å². The van der Waals surface area contributed by atoms with Crippen LogP contribution in [0.4, 0.5) is 5.82 Å². The molecule has 1 saturated heterocycles. The molecular formula is C15H24N4. The Labute approximate surface area is 115 Å². The predicted octanol–water partition coefficient (Wildman–Crippen LogP) is 2.19. The van der Waals surface area contributed by atoms with Crippen molar-refractivity contribution >= 4 is 5.82 Å². The van der Waals surface area contributed by atoms with E-state index in [1.54, 1.807) is 0 Å². The second-order valence-electron chi connectivity index (χ2n) is 6.32. The lowest BCUT2D eigenvalue weighted by molar-refractivity contribution is 0.197. The van der Waals surface area contributed by atoms with Crippen LogP contribution in [0.5, 0.6) is 0 Å². The topological polar surface area (TPSA) is 55.0 Å². The average Bonchev–Trinajstić information content (AvgIpc) is 2.76. The smallest absolute Gasteiger partial charge is 0.154 e. The van der Waals surface area contributed by atoms with Crippen LogP contribution in [0.1, 0.15) is 43.2 Å². The van der Waals surface area contributed by atoms with Crippen LogP contribution in [0.2, 0.25) is 0 Å². The van der Waals surface area contributed by atoms with Gasteiger partial charge in [0.15, 0.2) is 5.82 Å². The van der Waals surface area contributed by atoms with E-state index in [0.29, 0.717) is 11.5 Å². The highest BCUT2D eigenvalue weighted by atomic mass is 15.3. The zero-order valence-corrected chi connectivity index (χ0v) is 12.0. The highest BCUT2D eigenvalue weighted by Gasteiger charge is 2.43. The van der Waals surface area contributed by atoms with E-state index in [0.717, 1.165) is 18.9 Å². The minimum absolute atomic E-state index is 0.416. The number of rotatable bonds is 1. The molecule has 1 saturated carbocycles. The number of nitrogens with two attached hydrogens (primary N) is 1. The van der Waals surface area contributed by atoms with E-state index in [-0.39, 0.29) is 0 Å². The molecule has 3 rings (SSSR count). The molecule has 19 heavy (non-hydrogen) atoms. The Balaban J connectivity index is 1.75. The summed E-state index contributed by atoms with van der Waals surface area (Å²) >= 11 is 0. The van der Waals surface area contributed by atoms with Gasteiger partial charge in [0.25, 0.3) is 0 Å². The maximum Gasteiger partial charge on any atom is 0.154 e. The van der Waals surface area contributed by atoms with E-state index in [1.165, 1.54) is 43.2 Å². The predicted molar refractivity (Wildman–Crippen MR) is 77.2 cm³/mol. The van der Waals surface area contributed by atoms with E-state index < -0.39 is 0 Å². The van der Waals surface area contributed by atoms with Crippen LogP contribution in [0, 0.1) is 19.3 Å². The summed E-state index contributed by atoms with van der Waals surface area (Å²) in [5, 5.41) is 8.45. The summed E-state index contributed by atoms with van der Waals surface area (Å²) in [6.07, 6.45) is 8.11. The molecule has 4 nitrogen and oxygen atoms in total. The second-order valence-corrected chi connectivity index (χ2v) is 6.32. The van der Waals surface area contributed by atoms with Crippen LogP contribution < -0.4 is 10.6 Å². The fraction of sp³-hybridized carbons (Fsp3) is 0.733. The Hall–Kier alpha value is -1.16. The van der Waals surface area contributed by atoms with Crippen LogP contribution in [0.15, 0.2) is 6.20 Å². The fourth-order valence-electron chi connectivity index (χ4n) is 3.77. The number of hydrogen-bond donors (Lipinski definition) is 1. The summed E-state index contributed by atoms with van der Waals surface area (Å²) in [4.78, 5) is 2.39. The number of aryl methyl sites for hydroxylation is 1. The molecule has 1 unspecified atom stereocenters. The molecule has 0 bridgehead atoms. The maximum absolute atomic E-state index is 6.34. The summed E-state index contributed by atoms with van der Waals surface area (Å²) < 4.78 is 0. The molecule has 1 aliphatic heterocycles. The van der Waals surface area contributed by atoms with Gasteiger partial charge in [0.2, 0.25) is 0 Å². The first kappa shape index (κ1) is 12.9. The van der Waals surface area contributed by atoms with E-state index >= 15 is 0 Å². The van der Waals surface area contributed by atoms with E-state index in [2.05, 4.69) is 28.9 Å². The Morgan fingerprint density at radius 2 is 2.00 bits per heavy atom. The zero-order valence-electron chi connectivity index (χ0n) is 12.0. The molecule has 0 aromatic carbocycles. The molecule has 2 N–H and O–H groups in total. The Kier molecular flexibility index (Phi) is 3.21. The van der Waals surface area contributed by atoms with Gasteiger partial charge in [-0.25, -0.2) is 0 Å². The van der Waals surface area contributed by atoms with Crippen molar-refractivity contribution in [1.82, 2.24) is 10.2 Å². The third-order valence-corrected chi connectivity index (χ3v) is 5.37. The Bertz CT molecular complexity index is 463. The highest BCUT2D eigenvalue weighted by molar-refractivity contribution is 5.48. The van der Waals surface area contributed by atoms with Gasteiger partial charge in [-0.3, -0.25) is 0 Å². The van der Waals surface area contributed by atoms with E-state index in [4.69, 9.17) is 5.73 Å². The zero-order chi connectivity index (χ0) is 13.5. The summed E-state index contributed by atoms with van der Waals surface area (Å²) in [5.41, 5.74) is 9.24. The van der Waals surface area contributed by atoms with Gasteiger partial charge >= 0.3 is 0 Å². The Morgan fingerprint density at radius 3 is 2.63 bits per heavy atom. The minimum atomic E-state index is 0.416. The molecule has 1 spiro atoms. The third kappa shape index (κ3) is 2.12. The highest BCUT2D eigenvalue weighted by Crippen LogP contribution is 2.46. The number of hydrogen-bond acceptors (Lipinski definition) is 4. The number of piperidine rings is 1. The summed E-state index contributed by atoms with van der Waals surface area (Å²) in [6.45, 7) is 6.40. The standard InChI is InChI=1S/C15H24N4/c1-11-10-17-18-14(12(11)2)19-8-6-15(7-9-19)5-3-4-13(15)16/h10,13H,3-9,16H2,1-2H3. The summed E-state index contributed by atoms with van der Waals surface area (Å²) in [6, 6.07) is 0.416. The molecule has 0 amide bonds. The second kappa shape index (κ2) is 4.75. The molecule has 2 aliphatic rings. The first-order chi connectivity index (χ1) is 9.12. The first-order valence-corrected chi connectivity index (χ1v) is 7.42. The van der Waals surface area contributed by atoms with Gasteiger partial charge in [0.1, 0.15) is 0 Å². The first-order valence-electron chi connectivity index (χ1n) is 7.42. The molecule has 1 atom stereocenters. The van der Waals surface area contributed by atoms with Gasteiger partial charge in [-0.2, -0.15) is 5.10 Å². The molecule has 0 radical (unpaired) electrons. The van der Waals surface area contributed by atoms with Gasteiger partial charge in [-0.05, 0) is 56.1 Å². The van der Waals surface area contributed by atoms with Crippen LogP contribution >= 0.6 is 0 Å². The van der Waals surface area contributed by atoms with Crippen molar-refractivity contribution in [3.05, 3.63) is 17.3 Å². The summed E-state index contributed by atoms with van der Waals surface area (Å²) in [5.74, 6) is 1.07. The van der Waals surface area contributed by atoms with Crippen LogP contribution in [-0.2, 0) is 0 Å². The number of anilines is 1. The van der Waals surface area contributed by atoms with Crippen LogP contribution in [0.25, 0.3) is 0 Å². The quantitative estimate of drug-likeness (QED) is 0.841. The molecule has 1 aromatic rings. The summed E-state index contributed by atoms with van der Waals surface area (Å²) in [7, 11) is 0. The van der Waals surface area contributed by atoms with Gasteiger partial charge < -0.3 is 10.6 Å². The molecule has 2 heterocycles. The van der Waals surface area contributed by atoms with Crippen molar-refractivity contribution in [3.8, 4) is 0 Å². The van der Waals surface area contributed by atoms with Crippen molar-refractivity contribution in [2.24, 2.45) is 11.1 Å². The van der Waals surface area contributed by atoms with Crippen LogP contribution in [0.3, 0.4) is 0 Å². The van der Waals surface area contributed by atoms with Crippen molar-refractivity contribution < 1.29 is 0 Å². The van der Waals surface area contributed by atoms with Crippen molar-refractivity contribution in [2.75, 3.05) is 18.0 Å². The lowest BCUT2D eigenvalue weighted by Gasteiger charge is -2.42. The molecule has 104 valence electrons. The van der Waals surface area contributed by atoms with Gasteiger partial charge in [0.05, 0.1) is 6.20 Å². The van der Waals surface area contributed by atoms with Crippen molar-refractivity contribution in [3.63, 3.8) is 0 Å². The molecular weight excluding hydrogens is 236 g/mol. The fourth-order valence-corrected chi connectivity index (χ4v) is 3.77. The van der Waals surface area contributed by atoms with Crippen molar-refractivity contribution in [1.29, 1.82) is 0 Å². The van der Waals surface area contributed by atoms with Gasteiger partial charge in [-0.1, -0.05) is 6.42 Å². The number of nitrogens with zero attached hydrogens (tertiary/aromatic N) is 3. The van der Waals surface area contributed by atoms with E-state index in [9.17, 15) is 0 Å². The largest absolute Gasteiger partial charge is 0.355 e. The SMILES string of the molecule is Cc1cnnc(N2CCC3(CCCC3N)CC2)c1C. The molecule has 1 aliphatic carbocycles. The minimum Gasteiger partial charge on any atom is -0.355 e. The van der Waals surface area contributed by atoms with Gasteiger partial charge in [-0.15, -0.1) is 5.10 Å². The van der Waals surface area contributed by atoms with Crippen molar-refractivity contribution in [2.45, 2.75) is 52.0 Å². The lowest BCUT2D eigenvalue weighted by atomic mass is 9.74.